The maximum absolute atomic E-state index is 13.5. The van der Waals surface area contributed by atoms with Gasteiger partial charge in [-0.05, 0) is 84.7 Å². The first kappa shape index (κ1) is 23.2. The first-order valence-corrected chi connectivity index (χ1v) is 12.5. The average molecular weight is 495 g/mol. The fourth-order valence-corrected chi connectivity index (χ4v) is 6.57. The summed E-state index contributed by atoms with van der Waals surface area (Å²) in [6.07, 6.45) is 1.88. The molecule has 0 spiro atoms. The summed E-state index contributed by atoms with van der Waals surface area (Å²) < 4.78 is 4.68. The second-order valence-electron chi connectivity index (χ2n) is 10.0. The first-order chi connectivity index (χ1) is 18.0. The predicted octanol–water partition coefficient (Wildman–Crippen LogP) is 4.65. The molecule has 186 valence electrons. The van der Waals surface area contributed by atoms with E-state index in [1.165, 1.54) is 17.6 Å². The second-order valence-corrected chi connectivity index (χ2v) is 10.0. The minimum Gasteiger partial charge on any atom is -0.465 e. The van der Waals surface area contributed by atoms with E-state index < -0.39 is 5.97 Å². The van der Waals surface area contributed by atoms with Crippen LogP contribution >= 0.6 is 0 Å². The van der Waals surface area contributed by atoms with Gasteiger partial charge in [-0.1, -0.05) is 30.3 Å². The molecule has 3 aliphatic rings. The van der Waals surface area contributed by atoms with Gasteiger partial charge in [0.05, 0.1) is 30.2 Å². The third-order valence-electron chi connectivity index (χ3n) is 8.19. The molecule has 1 saturated heterocycles. The number of ether oxygens (including phenoxy) is 1. The Morgan fingerprint density at radius 3 is 2.14 bits per heavy atom. The lowest BCUT2D eigenvalue weighted by Gasteiger charge is -2.28. The van der Waals surface area contributed by atoms with Crippen molar-refractivity contribution in [3.05, 3.63) is 95.6 Å². The van der Waals surface area contributed by atoms with Gasteiger partial charge in [-0.15, -0.1) is 0 Å². The fraction of sp³-hybridized carbons (Fsp3) is 0.267. The number of carbonyl (C=O) groups excluding carboxylic acids is 4. The molecule has 6 rings (SSSR count). The Balaban J connectivity index is 1.16. The SMILES string of the molecule is COC(=O)c1ccc(NC(=O)c2ccc(N3C(=O)C4C5CC(c6ccccc6)C(C5)C4C3=O)cc2)cc1. The number of hydrogen-bond acceptors (Lipinski definition) is 5. The van der Waals surface area contributed by atoms with Crippen molar-refractivity contribution in [2.24, 2.45) is 23.7 Å². The number of imide groups is 1. The predicted molar refractivity (Wildman–Crippen MR) is 137 cm³/mol. The highest BCUT2D eigenvalue weighted by Gasteiger charge is 2.64. The number of esters is 1. The lowest BCUT2D eigenvalue weighted by Crippen LogP contribution is -2.33. The number of nitrogens with one attached hydrogen (secondary N) is 1. The zero-order valence-electron chi connectivity index (χ0n) is 20.3. The summed E-state index contributed by atoms with van der Waals surface area (Å²) >= 11 is 0. The van der Waals surface area contributed by atoms with Crippen molar-refractivity contribution in [1.82, 2.24) is 0 Å². The van der Waals surface area contributed by atoms with Crippen LogP contribution in [0.15, 0.2) is 78.9 Å². The fourth-order valence-electron chi connectivity index (χ4n) is 6.57. The van der Waals surface area contributed by atoms with Crippen LogP contribution in [0.1, 0.15) is 45.0 Å². The molecule has 37 heavy (non-hydrogen) atoms. The highest BCUT2D eigenvalue weighted by molar-refractivity contribution is 6.22. The molecular formula is C30H26N2O5. The van der Waals surface area contributed by atoms with Gasteiger partial charge in [0.15, 0.2) is 0 Å². The van der Waals surface area contributed by atoms with Crippen molar-refractivity contribution in [1.29, 1.82) is 0 Å². The molecule has 3 amide bonds. The molecule has 7 nitrogen and oxygen atoms in total. The molecule has 3 fully saturated rings. The number of nitrogens with zero attached hydrogens (tertiary/aromatic N) is 1. The highest BCUT2D eigenvalue weighted by atomic mass is 16.5. The highest BCUT2D eigenvalue weighted by Crippen LogP contribution is 2.61. The van der Waals surface area contributed by atoms with Crippen LogP contribution in [-0.4, -0.2) is 30.8 Å². The van der Waals surface area contributed by atoms with E-state index in [-0.39, 0.29) is 41.4 Å². The summed E-state index contributed by atoms with van der Waals surface area (Å²) in [5.74, 6) is -0.795. The van der Waals surface area contributed by atoms with Crippen LogP contribution in [0.4, 0.5) is 11.4 Å². The maximum atomic E-state index is 13.5. The van der Waals surface area contributed by atoms with Gasteiger partial charge in [0.2, 0.25) is 11.8 Å². The Bertz CT molecular complexity index is 1380. The van der Waals surface area contributed by atoms with Gasteiger partial charge >= 0.3 is 5.97 Å². The zero-order valence-corrected chi connectivity index (χ0v) is 20.3. The number of benzene rings is 3. The number of methoxy groups -OCH3 is 1. The van der Waals surface area contributed by atoms with Crippen molar-refractivity contribution in [3.8, 4) is 0 Å². The number of anilines is 2. The van der Waals surface area contributed by atoms with Crippen LogP contribution in [-0.2, 0) is 14.3 Å². The molecule has 5 atom stereocenters. The van der Waals surface area contributed by atoms with Gasteiger partial charge in [-0.2, -0.15) is 0 Å². The van der Waals surface area contributed by atoms with Gasteiger partial charge in [0, 0.05) is 11.3 Å². The van der Waals surface area contributed by atoms with Crippen molar-refractivity contribution < 1.29 is 23.9 Å². The lowest BCUT2D eigenvalue weighted by molar-refractivity contribution is -0.123. The normalized spacial score (nSPS) is 25.8. The topological polar surface area (TPSA) is 92.8 Å². The molecule has 5 unspecified atom stereocenters. The summed E-state index contributed by atoms with van der Waals surface area (Å²) in [6, 6.07) is 23.2. The third kappa shape index (κ3) is 3.82. The molecule has 0 aromatic heterocycles. The van der Waals surface area contributed by atoms with E-state index in [2.05, 4.69) is 22.2 Å². The molecular weight excluding hydrogens is 468 g/mol. The summed E-state index contributed by atoms with van der Waals surface area (Å²) in [5.41, 5.74) is 3.06. The van der Waals surface area contributed by atoms with E-state index in [0.29, 0.717) is 28.4 Å². The smallest absolute Gasteiger partial charge is 0.337 e. The van der Waals surface area contributed by atoms with Crippen LogP contribution in [0, 0.1) is 23.7 Å². The van der Waals surface area contributed by atoms with E-state index in [1.807, 2.05) is 18.2 Å². The summed E-state index contributed by atoms with van der Waals surface area (Å²) in [4.78, 5) is 52.5. The maximum Gasteiger partial charge on any atom is 0.337 e. The van der Waals surface area contributed by atoms with E-state index in [0.717, 1.165) is 12.8 Å². The Morgan fingerprint density at radius 1 is 0.811 bits per heavy atom. The number of rotatable bonds is 5. The number of amides is 3. The average Bonchev–Trinajstić information content (AvgIpc) is 3.60. The second kappa shape index (κ2) is 9.00. The number of hydrogen-bond donors (Lipinski definition) is 1. The molecule has 2 saturated carbocycles. The molecule has 3 aromatic carbocycles. The Hall–Kier alpha value is -4.26. The van der Waals surface area contributed by atoms with Crippen LogP contribution in [0.3, 0.4) is 0 Å². The molecule has 7 heteroatoms. The summed E-state index contributed by atoms with van der Waals surface area (Å²) in [6.45, 7) is 0. The quantitative estimate of drug-likeness (QED) is 0.412. The van der Waals surface area contributed by atoms with Crippen LogP contribution in [0.25, 0.3) is 0 Å². The number of fused-ring (bicyclic) bond motifs is 5. The van der Waals surface area contributed by atoms with Crippen molar-refractivity contribution in [3.63, 3.8) is 0 Å². The standard InChI is InChI=1S/C30H26N2O5/c1-37-30(36)19-7-11-21(12-8-19)31-27(33)18-9-13-22(14-10-18)32-28(34)25-20-15-23(17-5-3-2-4-6-17)24(16-20)26(25)29(32)35/h2-14,20,23-26H,15-16H2,1H3,(H,31,33). The minimum atomic E-state index is -0.452. The minimum absolute atomic E-state index is 0.114. The van der Waals surface area contributed by atoms with Crippen LogP contribution < -0.4 is 10.2 Å². The van der Waals surface area contributed by atoms with Gasteiger partial charge in [-0.25, -0.2) is 4.79 Å². The molecule has 3 aromatic rings. The molecule has 0 radical (unpaired) electrons. The van der Waals surface area contributed by atoms with E-state index in [9.17, 15) is 19.2 Å². The van der Waals surface area contributed by atoms with Crippen LogP contribution in [0.5, 0.6) is 0 Å². The molecule has 1 heterocycles. The van der Waals surface area contributed by atoms with Crippen LogP contribution in [0.2, 0.25) is 0 Å². The van der Waals surface area contributed by atoms with E-state index >= 15 is 0 Å². The van der Waals surface area contributed by atoms with Gasteiger partial charge in [-0.3, -0.25) is 19.3 Å². The summed E-state index contributed by atoms with van der Waals surface area (Å²) in [7, 11) is 1.31. The Morgan fingerprint density at radius 2 is 1.46 bits per heavy atom. The molecule has 2 aliphatic carbocycles. The molecule has 2 bridgehead atoms. The van der Waals surface area contributed by atoms with E-state index in [4.69, 9.17) is 0 Å². The van der Waals surface area contributed by atoms with Crippen molar-refractivity contribution >= 4 is 35.1 Å². The molecule has 1 N–H and O–H groups in total. The van der Waals surface area contributed by atoms with Crippen molar-refractivity contribution in [2.45, 2.75) is 18.8 Å². The Labute approximate surface area is 214 Å². The largest absolute Gasteiger partial charge is 0.465 e. The van der Waals surface area contributed by atoms with Crippen molar-refractivity contribution in [2.75, 3.05) is 17.3 Å². The van der Waals surface area contributed by atoms with E-state index in [1.54, 1.807) is 48.5 Å². The monoisotopic (exact) mass is 494 g/mol. The molecule has 1 aliphatic heterocycles. The third-order valence-corrected chi connectivity index (χ3v) is 8.19. The lowest BCUT2D eigenvalue weighted by atomic mass is 9.73. The van der Waals surface area contributed by atoms with Gasteiger partial charge < -0.3 is 10.1 Å². The van der Waals surface area contributed by atoms with Gasteiger partial charge in [0.1, 0.15) is 0 Å². The number of carbonyl (C=O) groups is 4. The summed E-state index contributed by atoms with van der Waals surface area (Å²) in [5, 5.41) is 2.78. The first-order valence-electron chi connectivity index (χ1n) is 12.5. The Kier molecular flexibility index (Phi) is 5.63. The zero-order chi connectivity index (χ0) is 25.7. The van der Waals surface area contributed by atoms with Gasteiger partial charge in [0.25, 0.3) is 5.91 Å².